The number of piperazine rings is 1. The number of anilines is 2. The molecule has 0 amide bonds. The first-order valence-corrected chi connectivity index (χ1v) is 8.05. The highest BCUT2D eigenvalue weighted by Crippen LogP contribution is 2.18. The highest BCUT2D eigenvalue weighted by molar-refractivity contribution is 7.98. The summed E-state index contributed by atoms with van der Waals surface area (Å²) in [6.07, 6.45) is 3.78. The molecule has 1 N–H and O–H groups in total. The van der Waals surface area contributed by atoms with Crippen LogP contribution in [0.4, 0.5) is 11.6 Å². The number of H-pyrrole nitrogens is 1. The topological polar surface area (TPSA) is 65.1 Å². The fourth-order valence-electron chi connectivity index (χ4n) is 2.40. The molecule has 3 heterocycles. The van der Waals surface area contributed by atoms with Gasteiger partial charge in [-0.2, -0.15) is 0 Å². The van der Waals surface area contributed by atoms with E-state index in [2.05, 4.69) is 24.8 Å². The second-order valence-electron chi connectivity index (χ2n) is 4.78. The Hall–Kier alpha value is -2.02. The summed E-state index contributed by atoms with van der Waals surface area (Å²) in [4.78, 5) is 27.4. The molecule has 0 saturated carbocycles. The minimum atomic E-state index is -0.0599. The zero-order valence-corrected chi connectivity index (χ0v) is 12.6. The van der Waals surface area contributed by atoms with Gasteiger partial charge in [0, 0.05) is 38.4 Å². The minimum absolute atomic E-state index is 0.0599. The van der Waals surface area contributed by atoms with Crippen LogP contribution in [0.15, 0.2) is 40.4 Å². The van der Waals surface area contributed by atoms with Crippen molar-refractivity contribution in [3.05, 3.63) is 40.8 Å². The van der Waals surface area contributed by atoms with E-state index in [1.807, 2.05) is 18.4 Å². The molecule has 6 nitrogen and oxygen atoms in total. The molecule has 1 fully saturated rings. The Morgan fingerprint density at radius 1 is 1.14 bits per heavy atom. The third kappa shape index (κ3) is 3.18. The van der Waals surface area contributed by atoms with Crippen molar-refractivity contribution < 1.29 is 0 Å². The number of thioether (sulfide) groups is 1. The van der Waals surface area contributed by atoms with Gasteiger partial charge < -0.3 is 14.8 Å². The number of hydrogen-bond acceptors (Lipinski definition) is 6. The molecular weight excluding hydrogens is 286 g/mol. The van der Waals surface area contributed by atoms with Gasteiger partial charge in [-0.05, 0) is 18.4 Å². The van der Waals surface area contributed by atoms with Crippen LogP contribution in [0, 0.1) is 0 Å². The number of pyridine rings is 1. The van der Waals surface area contributed by atoms with E-state index >= 15 is 0 Å². The van der Waals surface area contributed by atoms with Gasteiger partial charge in [0.05, 0.1) is 0 Å². The number of aromatic amines is 1. The van der Waals surface area contributed by atoms with Crippen LogP contribution in [0.5, 0.6) is 0 Å². The van der Waals surface area contributed by atoms with Crippen LogP contribution in [-0.4, -0.2) is 47.4 Å². The smallest absolute Gasteiger partial charge is 0.249 e. The summed E-state index contributed by atoms with van der Waals surface area (Å²) in [5, 5.41) is 0.794. The molecule has 0 bridgehead atoms. The van der Waals surface area contributed by atoms with E-state index in [9.17, 15) is 4.79 Å². The van der Waals surface area contributed by atoms with Crippen LogP contribution in [0.2, 0.25) is 0 Å². The predicted molar refractivity (Wildman–Crippen MR) is 85.3 cm³/mol. The first-order valence-electron chi connectivity index (χ1n) is 6.82. The van der Waals surface area contributed by atoms with Crippen molar-refractivity contribution in [3.63, 3.8) is 0 Å². The zero-order valence-electron chi connectivity index (χ0n) is 11.8. The van der Waals surface area contributed by atoms with Crippen LogP contribution in [0.25, 0.3) is 0 Å². The van der Waals surface area contributed by atoms with Crippen molar-refractivity contribution in [3.8, 4) is 0 Å². The minimum Gasteiger partial charge on any atom is -0.355 e. The van der Waals surface area contributed by atoms with Gasteiger partial charge in [-0.25, -0.2) is 9.97 Å². The van der Waals surface area contributed by atoms with E-state index in [1.165, 1.54) is 6.07 Å². The molecule has 1 saturated heterocycles. The van der Waals surface area contributed by atoms with Crippen LogP contribution in [-0.2, 0) is 0 Å². The quantitative estimate of drug-likeness (QED) is 0.679. The van der Waals surface area contributed by atoms with Crippen LogP contribution in [0.1, 0.15) is 0 Å². The maximum Gasteiger partial charge on any atom is 0.249 e. The highest BCUT2D eigenvalue weighted by Gasteiger charge is 2.19. The SMILES string of the molecule is CSc1nccc(N2CCN(c3cccc(=O)[nH]3)CC2)n1. The van der Waals surface area contributed by atoms with Crippen LogP contribution < -0.4 is 15.4 Å². The Balaban J connectivity index is 1.68. The summed E-state index contributed by atoms with van der Waals surface area (Å²) in [5.74, 6) is 1.85. The standard InChI is InChI=1S/C14H17N5OS/c1-21-14-15-6-5-12(17-14)19-9-7-18(8-10-19)11-3-2-4-13(20)16-11/h2-6H,7-10H2,1H3,(H,16,20). The molecule has 3 rings (SSSR count). The van der Waals surface area contributed by atoms with Gasteiger partial charge in [0.25, 0.3) is 0 Å². The summed E-state index contributed by atoms with van der Waals surface area (Å²) in [7, 11) is 0. The van der Waals surface area contributed by atoms with E-state index in [4.69, 9.17) is 0 Å². The monoisotopic (exact) mass is 303 g/mol. The maximum absolute atomic E-state index is 11.4. The van der Waals surface area contributed by atoms with Crippen LogP contribution in [0.3, 0.4) is 0 Å². The van der Waals surface area contributed by atoms with Gasteiger partial charge in [-0.1, -0.05) is 17.8 Å². The number of nitrogens with zero attached hydrogens (tertiary/aromatic N) is 4. The summed E-state index contributed by atoms with van der Waals surface area (Å²) in [6.45, 7) is 3.47. The Labute approximate surface area is 127 Å². The maximum atomic E-state index is 11.4. The summed E-state index contributed by atoms with van der Waals surface area (Å²) in [5.41, 5.74) is -0.0599. The first-order chi connectivity index (χ1) is 10.3. The van der Waals surface area contributed by atoms with E-state index in [0.29, 0.717) is 0 Å². The van der Waals surface area contributed by atoms with Crippen molar-refractivity contribution in [1.82, 2.24) is 15.0 Å². The average molecular weight is 303 g/mol. The number of nitrogens with one attached hydrogen (secondary N) is 1. The lowest BCUT2D eigenvalue weighted by Gasteiger charge is -2.36. The number of hydrogen-bond donors (Lipinski definition) is 1. The van der Waals surface area contributed by atoms with Crippen molar-refractivity contribution in [2.75, 3.05) is 42.2 Å². The van der Waals surface area contributed by atoms with Crippen molar-refractivity contribution in [2.45, 2.75) is 5.16 Å². The van der Waals surface area contributed by atoms with Gasteiger partial charge in [0.2, 0.25) is 5.56 Å². The molecule has 110 valence electrons. The molecule has 0 atom stereocenters. The lowest BCUT2D eigenvalue weighted by molar-refractivity contribution is 0.637. The van der Waals surface area contributed by atoms with E-state index in [1.54, 1.807) is 24.0 Å². The Morgan fingerprint density at radius 3 is 2.62 bits per heavy atom. The second kappa shape index (κ2) is 6.17. The molecule has 0 aromatic carbocycles. The molecule has 7 heteroatoms. The van der Waals surface area contributed by atoms with Gasteiger partial charge in [0.15, 0.2) is 5.16 Å². The summed E-state index contributed by atoms with van der Waals surface area (Å²) in [6, 6.07) is 7.20. The Morgan fingerprint density at radius 2 is 1.90 bits per heavy atom. The fourth-order valence-corrected chi connectivity index (χ4v) is 2.75. The molecule has 1 aliphatic heterocycles. The lowest BCUT2D eigenvalue weighted by Crippen LogP contribution is -2.47. The fraction of sp³-hybridized carbons (Fsp3) is 0.357. The Kier molecular flexibility index (Phi) is 4.10. The van der Waals surface area contributed by atoms with Crippen molar-refractivity contribution in [1.29, 1.82) is 0 Å². The number of rotatable bonds is 3. The van der Waals surface area contributed by atoms with Crippen molar-refractivity contribution >= 4 is 23.4 Å². The molecule has 0 spiro atoms. The highest BCUT2D eigenvalue weighted by atomic mass is 32.2. The molecule has 21 heavy (non-hydrogen) atoms. The lowest BCUT2D eigenvalue weighted by atomic mass is 10.3. The normalized spacial score (nSPS) is 15.3. The molecule has 0 radical (unpaired) electrons. The Bertz CT molecular complexity index is 666. The molecule has 2 aromatic heterocycles. The molecular formula is C14H17N5OS. The number of aromatic nitrogens is 3. The van der Waals surface area contributed by atoms with Gasteiger partial charge in [0.1, 0.15) is 11.6 Å². The van der Waals surface area contributed by atoms with E-state index < -0.39 is 0 Å². The van der Waals surface area contributed by atoms with E-state index in [-0.39, 0.29) is 5.56 Å². The largest absolute Gasteiger partial charge is 0.355 e. The molecule has 2 aromatic rings. The third-order valence-corrected chi connectivity index (χ3v) is 4.06. The summed E-state index contributed by atoms with van der Waals surface area (Å²) >= 11 is 1.55. The van der Waals surface area contributed by atoms with Gasteiger partial charge in [-0.15, -0.1) is 0 Å². The van der Waals surface area contributed by atoms with Crippen molar-refractivity contribution in [2.24, 2.45) is 0 Å². The second-order valence-corrected chi connectivity index (χ2v) is 5.55. The molecule has 1 aliphatic rings. The third-order valence-electron chi connectivity index (χ3n) is 3.50. The van der Waals surface area contributed by atoms with Gasteiger partial charge >= 0.3 is 0 Å². The predicted octanol–water partition coefficient (Wildman–Crippen LogP) is 1.21. The average Bonchev–Trinajstić information content (AvgIpc) is 2.55. The van der Waals surface area contributed by atoms with E-state index in [0.717, 1.165) is 43.0 Å². The zero-order chi connectivity index (χ0) is 14.7. The molecule has 0 unspecified atom stereocenters. The van der Waals surface area contributed by atoms with Crippen LogP contribution >= 0.6 is 11.8 Å². The first kappa shape index (κ1) is 13.9. The molecule has 0 aliphatic carbocycles. The van der Waals surface area contributed by atoms with Gasteiger partial charge in [-0.3, -0.25) is 4.79 Å². The summed E-state index contributed by atoms with van der Waals surface area (Å²) < 4.78 is 0.